The van der Waals surface area contributed by atoms with E-state index in [1.165, 1.54) is 12.1 Å². The van der Waals surface area contributed by atoms with Crippen LogP contribution in [0.25, 0.3) is 0 Å². The van der Waals surface area contributed by atoms with E-state index in [4.69, 9.17) is 5.73 Å². The number of fused-ring (bicyclic) bond motifs is 1. The first-order valence-electron chi connectivity index (χ1n) is 7.36. The molecular weight excluding hydrogens is 327 g/mol. The maximum absolute atomic E-state index is 13.9. The average Bonchev–Trinajstić information content (AvgIpc) is 2.91. The summed E-state index contributed by atoms with van der Waals surface area (Å²) in [5.41, 5.74) is 6.92. The molecule has 0 amide bonds. The molecule has 1 heterocycles. The second kappa shape index (κ2) is 6.14. The number of halogens is 5. The molecule has 0 aromatic heterocycles. The first kappa shape index (κ1) is 16.9. The number of nitrogens with two attached hydrogens (primary N) is 1. The summed E-state index contributed by atoms with van der Waals surface area (Å²) in [6, 6.07) is 6.91. The molecule has 1 aliphatic rings. The highest BCUT2D eigenvalue weighted by molar-refractivity contribution is 5.32. The summed E-state index contributed by atoms with van der Waals surface area (Å²) in [5, 5.41) is 0. The minimum absolute atomic E-state index is 0.0699. The van der Waals surface area contributed by atoms with E-state index in [0.29, 0.717) is 19.2 Å². The molecular formula is C17H15F5N2. The van der Waals surface area contributed by atoms with Crippen LogP contribution in [0.3, 0.4) is 0 Å². The SMILES string of the molecule is NC(Cc1ccc(C(F)(F)F)cc1F)N1Cc2ccc(F)cc2C1. The van der Waals surface area contributed by atoms with Crippen LogP contribution in [-0.2, 0) is 25.7 Å². The van der Waals surface area contributed by atoms with Crippen molar-refractivity contribution in [2.45, 2.75) is 31.9 Å². The Hall–Kier alpha value is -1.99. The van der Waals surface area contributed by atoms with Crippen LogP contribution in [0.2, 0.25) is 0 Å². The Morgan fingerprint density at radius 3 is 2.38 bits per heavy atom. The molecule has 2 nitrogen and oxygen atoms in total. The third-order valence-electron chi connectivity index (χ3n) is 4.19. The molecule has 24 heavy (non-hydrogen) atoms. The van der Waals surface area contributed by atoms with Crippen molar-refractivity contribution in [2.75, 3.05) is 0 Å². The first-order valence-corrected chi connectivity index (χ1v) is 7.36. The fraction of sp³-hybridized carbons (Fsp3) is 0.294. The van der Waals surface area contributed by atoms with Crippen LogP contribution in [0.15, 0.2) is 36.4 Å². The van der Waals surface area contributed by atoms with Gasteiger partial charge in [-0.05, 0) is 41.0 Å². The van der Waals surface area contributed by atoms with Crippen molar-refractivity contribution in [1.82, 2.24) is 4.90 Å². The minimum atomic E-state index is -4.58. The molecule has 0 bridgehead atoms. The van der Waals surface area contributed by atoms with Crippen molar-refractivity contribution >= 4 is 0 Å². The second-order valence-corrected chi connectivity index (χ2v) is 5.89. The van der Waals surface area contributed by atoms with Gasteiger partial charge in [-0.2, -0.15) is 13.2 Å². The summed E-state index contributed by atoms with van der Waals surface area (Å²) >= 11 is 0. The molecule has 0 saturated heterocycles. The van der Waals surface area contributed by atoms with E-state index in [9.17, 15) is 22.0 Å². The van der Waals surface area contributed by atoms with Crippen molar-refractivity contribution in [2.24, 2.45) is 5.73 Å². The van der Waals surface area contributed by atoms with Gasteiger partial charge in [-0.15, -0.1) is 0 Å². The average molecular weight is 342 g/mol. The largest absolute Gasteiger partial charge is 0.416 e. The third-order valence-corrected chi connectivity index (χ3v) is 4.19. The Kier molecular flexibility index (Phi) is 4.31. The summed E-state index contributed by atoms with van der Waals surface area (Å²) in [7, 11) is 0. The van der Waals surface area contributed by atoms with Crippen LogP contribution >= 0.6 is 0 Å². The van der Waals surface area contributed by atoms with E-state index in [-0.39, 0.29) is 17.8 Å². The molecule has 2 aromatic carbocycles. The zero-order valence-electron chi connectivity index (χ0n) is 12.6. The third kappa shape index (κ3) is 3.42. The predicted octanol–water partition coefficient (Wildman–Crippen LogP) is 3.83. The summed E-state index contributed by atoms with van der Waals surface area (Å²) < 4.78 is 64.8. The highest BCUT2D eigenvalue weighted by Crippen LogP contribution is 2.31. The van der Waals surface area contributed by atoms with Crippen LogP contribution in [-0.4, -0.2) is 11.1 Å². The van der Waals surface area contributed by atoms with Crippen LogP contribution in [0.5, 0.6) is 0 Å². The summed E-state index contributed by atoms with van der Waals surface area (Å²) in [6.45, 7) is 0.926. The normalized spacial score (nSPS) is 16.2. The fourth-order valence-electron chi connectivity index (χ4n) is 2.87. The molecule has 0 aliphatic carbocycles. The molecule has 1 aliphatic heterocycles. The second-order valence-electron chi connectivity index (χ2n) is 5.89. The number of rotatable bonds is 3. The Labute approximate surface area is 135 Å². The molecule has 0 radical (unpaired) electrons. The van der Waals surface area contributed by atoms with Crippen molar-refractivity contribution in [3.63, 3.8) is 0 Å². The first-order chi connectivity index (χ1) is 11.2. The van der Waals surface area contributed by atoms with Gasteiger partial charge in [0.1, 0.15) is 11.6 Å². The Balaban J connectivity index is 1.71. The topological polar surface area (TPSA) is 29.3 Å². The Morgan fingerprint density at radius 2 is 1.71 bits per heavy atom. The molecule has 1 atom stereocenters. The highest BCUT2D eigenvalue weighted by Gasteiger charge is 2.31. The van der Waals surface area contributed by atoms with Crippen molar-refractivity contribution in [3.8, 4) is 0 Å². The molecule has 7 heteroatoms. The lowest BCUT2D eigenvalue weighted by Gasteiger charge is -2.24. The van der Waals surface area contributed by atoms with E-state index >= 15 is 0 Å². The number of hydrogen-bond donors (Lipinski definition) is 1. The molecule has 2 aromatic rings. The molecule has 0 spiro atoms. The number of hydrogen-bond acceptors (Lipinski definition) is 2. The van der Waals surface area contributed by atoms with Gasteiger partial charge >= 0.3 is 6.18 Å². The summed E-state index contributed by atoms with van der Waals surface area (Å²) in [6.07, 6.45) is -5.09. The lowest BCUT2D eigenvalue weighted by atomic mass is 10.1. The van der Waals surface area contributed by atoms with Gasteiger partial charge < -0.3 is 5.73 Å². The quantitative estimate of drug-likeness (QED) is 0.859. The van der Waals surface area contributed by atoms with Gasteiger partial charge in [-0.3, -0.25) is 4.90 Å². The predicted molar refractivity (Wildman–Crippen MR) is 78.7 cm³/mol. The molecule has 1 unspecified atom stereocenters. The van der Waals surface area contributed by atoms with Crippen molar-refractivity contribution in [3.05, 3.63) is 70.3 Å². The monoisotopic (exact) mass is 342 g/mol. The van der Waals surface area contributed by atoms with E-state index in [2.05, 4.69) is 0 Å². The minimum Gasteiger partial charge on any atom is -0.315 e. The summed E-state index contributed by atoms with van der Waals surface area (Å²) in [4.78, 5) is 1.83. The van der Waals surface area contributed by atoms with E-state index in [1.807, 2.05) is 4.90 Å². The van der Waals surface area contributed by atoms with Crippen LogP contribution < -0.4 is 5.73 Å². The van der Waals surface area contributed by atoms with Crippen molar-refractivity contribution in [1.29, 1.82) is 0 Å². The standard InChI is InChI=1S/C17H15F5N2/c18-14-4-2-11-8-24(9-12(11)5-14)16(23)6-10-1-3-13(7-15(10)19)17(20,21)22/h1-5,7,16H,6,8-9,23H2. The lowest BCUT2D eigenvalue weighted by Crippen LogP contribution is -2.40. The van der Waals surface area contributed by atoms with Crippen LogP contribution in [0.4, 0.5) is 22.0 Å². The molecule has 2 N–H and O–H groups in total. The van der Waals surface area contributed by atoms with Gasteiger partial charge in [-0.25, -0.2) is 8.78 Å². The molecule has 128 valence electrons. The maximum atomic E-state index is 13.9. The van der Waals surface area contributed by atoms with Gasteiger partial charge in [0, 0.05) is 19.5 Å². The zero-order chi connectivity index (χ0) is 17.5. The Bertz CT molecular complexity index is 757. The smallest absolute Gasteiger partial charge is 0.315 e. The van der Waals surface area contributed by atoms with Crippen molar-refractivity contribution < 1.29 is 22.0 Å². The van der Waals surface area contributed by atoms with Crippen LogP contribution in [0, 0.1) is 11.6 Å². The Morgan fingerprint density at radius 1 is 1.00 bits per heavy atom. The van der Waals surface area contributed by atoms with Gasteiger partial charge in [0.25, 0.3) is 0 Å². The van der Waals surface area contributed by atoms with Gasteiger partial charge in [-0.1, -0.05) is 12.1 Å². The highest BCUT2D eigenvalue weighted by atomic mass is 19.4. The maximum Gasteiger partial charge on any atom is 0.416 e. The van der Waals surface area contributed by atoms with E-state index in [0.717, 1.165) is 23.3 Å². The number of benzene rings is 2. The molecule has 3 rings (SSSR count). The van der Waals surface area contributed by atoms with E-state index < -0.39 is 23.7 Å². The van der Waals surface area contributed by atoms with Crippen LogP contribution in [0.1, 0.15) is 22.3 Å². The summed E-state index contributed by atoms with van der Waals surface area (Å²) in [5.74, 6) is -1.26. The number of alkyl halides is 3. The number of nitrogens with zero attached hydrogens (tertiary/aromatic N) is 1. The fourth-order valence-corrected chi connectivity index (χ4v) is 2.87. The van der Waals surface area contributed by atoms with Gasteiger partial charge in [0.15, 0.2) is 0 Å². The lowest BCUT2D eigenvalue weighted by molar-refractivity contribution is -0.137. The zero-order valence-corrected chi connectivity index (χ0v) is 12.6. The molecule has 0 fully saturated rings. The molecule has 0 saturated carbocycles. The van der Waals surface area contributed by atoms with Gasteiger partial charge in [0.05, 0.1) is 11.7 Å². The van der Waals surface area contributed by atoms with Gasteiger partial charge in [0.2, 0.25) is 0 Å². The van der Waals surface area contributed by atoms with E-state index in [1.54, 1.807) is 6.07 Å².